The fourth-order valence-electron chi connectivity index (χ4n) is 4.68. The van der Waals surface area contributed by atoms with Gasteiger partial charge in [0.25, 0.3) is 0 Å². The van der Waals surface area contributed by atoms with E-state index >= 15 is 0 Å². The van der Waals surface area contributed by atoms with E-state index in [4.69, 9.17) is 0 Å². The molecule has 0 heterocycles. The van der Waals surface area contributed by atoms with Crippen molar-refractivity contribution in [3.8, 4) is 0 Å². The molecule has 0 aromatic rings. The Morgan fingerprint density at radius 1 is 0.259 bits per heavy atom. The van der Waals surface area contributed by atoms with Crippen LogP contribution in [0.25, 0.3) is 0 Å². The molecule has 0 atom stereocenters. The van der Waals surface area contributed by atoms with E-state index in [9.17, 15) is 114 Å². The zero-order valence-corrected chi connectivity index (χ0v) is 27.8. The number of quaternary nitrogens is 2. The van der Waals surface area contributed by atoms with E-state index < -0.39 is 119 Å². The van der Waals surface area contributed by atoms with Gasteiger partial charge in [-0.25, -0.2) is 0 Å². The summed E-state index contributed by atoms with van der Waals surface area (Å²) in [5, 5.41) is 0. The lowest BCUT2D eigenvalue weighted by Crippen LogP contribution is -2.70. The number of unbranched alkanes of at least 4 members (excludes halogenated alkanes) is 1. The number of nitrogens with zero attached hydrogens (tertiary/aromatic N) is 2. The van der Waals surface area contributed by atoms with Crippen molar-refractivity contribution in [2.45, 2.75) is 110 Å². The second kappa shape index (κ2) is 15.1. The van der Waals surface area contributed by atoms with Gasteiger partial charge in [0.2, 0.25) is 0 Å². The summed E-state index contributed by atoms with van der Waals surface area (Å²) in [6.45, 7) is -1.70. The monoisotopic (exact) mass is 866 g/mol. The van der Waals surface area contributed by atoms with Gasteiger partial charge in [0.05, 0.1) is 54.4 Å². The Morgan fingerprint density at radius 3 is 0.648 bits per heavy atom. The van der Waals surface area contributed by atoms with Crippen LogP contribution in [0.2, 0.25) is 0 Å². The third-order valence-electron chi connectivity index (χ3n) is 8.28. The third-order valence-corrected chi connectivity index (χ3v) is 8.28. The lowest BCUT2D eigenvalue weighted by Gasteiger charge is -2.40. The normalized spacial score (nSPS) is 16.3. The number of rotatable bonds is 21. The largest absolute Gasteiger partial charge is 0.460 e. The molecule has 0 amide bonds. The Labute approximate surface area is 288 Å². The maximum absolute atomic E-state index is 14.0. The highest BCUT2D eigenvalue weighted by Gasteiger charge is 2.92. The molecule has 2 nitrogen and oxygen atoms in total. The van der Waals surface area contributed by atoms with Crippen LogP contribution in [0.5, 0.6) is 0 Å². The lowest BCUT2D eigenvalue weighted by atomic mass is 9.92. The van der Waals surface area contributed by atoms with Crippen LogP contribution in [0.3, 0.4) is 0 Å². The molecule has 0 aromatic carbocycles. The highest BCUT2D eigenvalue weighted by molar-refractivity contribution is 5.11. The number of hydrogen-bond donors (Lipinski definition) is 0. The summed E-state index contributed by atoms with van der Waals surface area (Å²) in [4.78, 5) is 0. The predicted molar refractivity (Wildman–Crippen MR) is 133 cm³/mol. The molecule has 0 radical (unpaired) electrons. The molecule has 0 saturated carbocycles. The van der Waals surface area contributed by atoms with E-state index in [0.29, 0.717) is 0 Å². The predicted octanol–water partition coefficient (Wildman–Crippen LogP) is 11.0. The van der Waals surface area contributed by atoms with E-state index in [1.54, 1.807) is 0 Å². The first-order valence-corrected chi connectivity index (χ1v) is 14.7. The molecule has 0 N–H and O–H groups in total. The van der Waals surface area contributed by atoms with E-state index in [2.05, 4.69) is 0 Å². The van der Waals surface area contributed by atoms with Crippen molar-refractivity contribution < 1.29 is 123 Å². The molecule has 0 aromatic heterocycles. The van der Waals surface area contributed by atoms with Crippen LogP contribution in [0.15, 0.2) is 0 Å². The van der Waals surface area contributed by atoms with E-state index in [0.717, 1.165) is 0 Å². The van der Waals surface area contributed by atoms with Crippen molar-refractivity contribution in [1.29, 1.82) is 0 Å². The molecule has 28 heteroatoms. The first kappa shape index (κ1) is 52.1. The Hall–Kier alpha value is -1.90. The van der Waals surface area contributed by atoms with Crippen LogP contribution in [-0.4, -0.2) is 135 Å². The van der Waals surface area contributed by atoms with Crippen molar-refractivity contribution in [3.05, 3.63) is 0 Å². The highest BCUT2D eigenvalue weighted by Crippen LogP contribution is 2.62. The Morgan fingerprint density at radius 2 is 0.444 bits per heavy atom. The van der Waals surface area contributed by atoms with Gasteiger partial charge in [0, 0.05) is 38.5 Å². The lowest BCUT2D eigenvalue weighted by molar-refractivity contribution is -0.897. The van der Waals surface area contributed by atoms with Gasteiger partial charge in [-0.15, -0.1) is 0 Å². The minimum absolute atomic E-state index is 0.0407. The van der Waals surface area contributed by atoms with Crippen molar-refractivity contribution in [2.24, 2.45) is 0 Å². The molecule has 0 rings (SSSR count). The molecule has 0 bridgehead atoms. The fourth-order valence-corrected chi connectivity index (χ4v) is 4.68. The van der Waals surface area contributed by atoms with Crippen molar-refractivity contribution in [1.82, 2.24) is 0 Å². The van der Waals surface area contributed by atoms with Crippen molar-refractivity contribution in [2.75, 3.05) is 54.4 Å². The number of alkyl halides is 26. The summed E-state index contributed by atoms with van der Waals surface area (Å²) in [6.07, 6.45) is -22.6. The smallest absolute Gasteiger partial charge is 0.328 e. The summed E-state index contributed by atoms with van der Waals surface area (Å²) in [7, 11) is 4.70. The third kappa shape index (κ3) is 9.44. The Bertz CT molecular complexity index is 1140. The topological polar surface area (TPSA) is 0 Å². The molecule has 0 saturated heterocycles. The highest BCUT2D eigenvalue weighted by atomic mass is 19.4. The Kier molecular flexibility index (Phi) is 14.6. The summed E-state index contributed by atoms with van der Waals surface area (Å²) in [6, 6.07) is 0. The van der Waals surface area contributed by atoms with Crippen molar-refractivity contribution >= 4 is 0 Å². The van der Waals surface area contributed by atoms with Gasteiger partial charge in [-0.05, 0) is 0 Å². The zero-order valence-electron chi connectivity index (χ0n) is 27.8. The molecule has 0 fully saturated rings. The first-order valence-electron chi connectivity index (χ1n) is 14.7. The summed E-state index contributed by atoms with van der Waals surface area (Å²) >= 11 is 0. The van der Waals surface area contributed by atoms with Crippen molar-refractivity contribution in [3.63, 3.8) is 0 Å². The number of halogens is 26. The average molecular weight is 867 g/mol. The molecule has 326 valence electrons. The minimum atomic E-state index is -8.05. The maximum Gasteiger partial charge on any atom is 0.460 e. The van der Waals surface area contributed by atoms with Crippen LogP contribution < -0.4 is 0 Å². The summed E-state index contributed by atoms with van der Waals surface area (Å²) < 4.78 is 344. The fraction of sp³-hybridized carbons (Fsp3) is 1.00. The van der Waals surface area contributed by atoms with Crippen LogP contribution in [0.4, 0.5) is 114 Å². The Balaban J connectivity index is 5.36. The SMILES string of the molecule is C[N+](C)(CCCC[N+](C)(C)CCCC(F)(F)C(F)(F)C(F)(F)C(F)(F)C(F)(F)C(F)(F)F)CCCC(F)(F)C(F)(F)C(F)(F)C(F)(F)C(F)(F)C(F)(F)F. The second-order valence-corrected chi connectivity index (χ2v) is 13.7. The number of hydrogen-bond acceptors (Lipinski definition) is 0. The van der Waals surface area contributed by atoms with Gasteiger partial charge < -0.3 is 8.97 Å². The van der Waals surface area contributed by atoms with Gasteiger partial charge in [-0.3, -0.25) is 0 Å². The molecule has 0 aliphatic carbocycles. The first-order chi connectivity index (χ1) is 23.1. The molecular weight excluding hydrogens is 834 g/mol. The van der Waals surface area contributed by atoms with Crippen LogP contribution in [0.1, 0.15) is 38.5 Å². The zero-order chi connectivity index (χ0) is 44.1. The van der Waals surface area contributed by atoms with Gasteiger partial charge >= 0.3 is 71.6 Å². The van der Waals surface area contributed by atoms with Gasteiger partial charge in [0.15, 0.2) is 0 Å². The maximum atomic E-state index is 14.0. The van der Waals surface area contributed by atoms with Crippen LogP contribution in [0, 0.1) is 0 Å². The van der Waals surface area contributed by atoms with Crippen LogP contribution in [-0.2, 0) is 0 Å². The van der Waals surface area contributed by atoms with Crippen LogP contribution >= 0.6 is 0 Å². The summed E-state index contributed by atoms with van der Waals surface area (Å²) in [5.41, 5.74) is 0. The molecule has 0 aliphatic heterocycles. The quantitative estimate of drug-likeness (QED) is 0.0613. The molecule has 0 spiro atoms. The molecule has 0 unspecified atom stereocenters. The molecular formula is C26H32F26N2+2. The van der Waals surface area contributed by atoms with E-state index in [1.807, 2.05) is 0 Å². The molecule has 0 aliphatic rings. The van der Waals surface area contributed by atoms with Gasteiger partial charge in [-0.2, -0.15) is 114 Å². The van der Waals surface area contributed by atoms with E-state index in [-0.39, 0.29) is 25.9 Å². The minimum Gasteiger partial charge on any atom is -0.328 e. The molecule has 54 heavy (non-hydrogen) atoms. The second-order valence-electron chi connectivity index (χ2n) is 13.7. The van der Waals surface area contributed by atoms with E-state index in [1.165, 1.54) is 28.2 Å². The van der Waals surface area contributed by atoms with Gasteiger partial charge in [0.1, 0.15) is 0 Å². The standard InChI is InChI=1S/C26H32F26N2/c1-53(2,13-7-9-15(27,28)17(31,32)19(35,36)21(39,40)23(43,44)25(47,48)49)11-5-6-12-54(3,4)14-8-10-16(29,30)18(33,34)20(37,38)22(41,42)24(45,46)26(50,51)52/h5-14H2,1-4H3/q+2. The summed E-state index contributed by atoms with van der Waals surface area (Å²) in [5.74, 6) is -75.2. The van der Waals surface area contributed by atoms with Gasteiger partial charge in [-0.1, -0.05) is 0 Å². The average Bonchev–Trinajstić information content (AvgIpc) is 2.92.